The van der Waals surface area contributed by atoms with Gasteiger partial charge in [-0.05, 0) is 48.7 Å². The number of amides is 1. The Bertz CT molecular complexity index is 906. The van der Waals surface area contributed by atoms with Crippen molar-refractivity contribution in [3.8, 4) is 0 Å². The zero-order valence-corrected chi connectivity index (χ0v) is 15.4. The molecule has 1 amide bonds. The highest BCUT2D eigenvalue weighted by molar-refractivity contribution is 6.04. The Balaban J connectivity index is 1.73. The third kappa shape index (κ3) is 4.28. The first-order valence-electron chi connectivity index (χ1n) is 8.61. The van der Waals surface area contributed by atoms with E-state index in [-0.39, 0.29) is 5.91 Å². The number of nitrogens with zero attached hydrogens (tertiary/aromatic N) is 2. The molecular weight excluding hydrogens is 322 g/mol. The first kappa shape index (κ1) is 17.7. The van der Waals surface area contributed by atoms with Gasteiger partial charge in [0.1, 0.15) is 0 Å². The molecule has 1 aromatic heterocycles. The molecule has 0 saturated heterocycles. The van der Waals surface area contributed by atoms with Crippen LogP contribution in [0.1, 0.15) is 27.0 Å². The molecule has 4 nitrogen and oxygen atoms in total. The van der Waals surface area contributed by atoms with E-state index in [1.807, 2.05) is 56.4 Å². The molecule has 0 aliphatic heterocycles. The van der Waals surface area contributed by atoms with Gasteiger partial charge >= 0.3 is 0 Å². The molecule has 0 saturated carbocycles. The molecular formula is C22H23N3O. The summed E-state index contributed by atoms with van der Waals surface area (Å²) in [6.45, 7) is 4.84. The summed E-state index contributed by atoms with van der Waals surface area (Å²) in [5, 5.41) is 2.94. The lowest BCUT2D eigenvalue weighted by molar-refractivity contribution is 0.102. The molecule has 3 rings (SSSR count). The van der Waals surface area contributed by atoms with Gasteiger partial charge in [0.25, 0.3) is 5.91 Å². The smallest absolute Gasteiger partial charge is 0.257 e. The van der Waals surface area contributed by atoms with Crippen LogP contribution in [0.15, 0.2) is 67.0 Å². The molecule has 4 heteroatoms. The summed E-state index contributed by atoms with van der Waals surface area (Å²) in [6.07, 6.45) is 3.37. The largest absolute Gasteiger partial charge is 0.369 e. The van der Waals surface area contributed by atoms with Crippen molar-refractivity contribution < 1.29 is 4.79 Å². The van der Waals surface area contributed by atoms with E-state index in [1.165, 1.54) is 11.1 Å². The minimum atomic E-state index is -0.157. The van der Waals surface area contributed by atoms with E-state index in [4.69, 9.17) is 0 Å². The minimum absolute atomic E-state index is 0.157. The molecule has 0 spiro atoms. The van der Waals surface area contributed by atoms with Gasteiger partial charge in [-0.25, -0.2) is 0 Å². The number of aryl methyl sites for hydroxylation is 2. The number of nitrogens with one attached hydrogen (secondary N) is 1. The van der Waals surface area contributed by atoms with Gasteiger partial charge < -0.3 is 10.2 Å². The highest BCUT2D eigenvalue weighted by Crippen LogP contribution is 2.18. The van der Waals surface area contributed by atoms with Crippen molar-refractivity contribution in [3.05, 3.63) is 89.2 Å². The number of aromatic nitrogens is 1. The summed E-state index contributed by atoms with van der Waals surface area (Å²) in [4.78, 5) is 18.9. The maximum atomic E-state index is 12.6. The normalized spacial score (nSPS) is 10.4. The van der Waals surface area contributed by atoms with E-state index in [9.17, 15) is 4.79 Å². The molecule has 0 atom stereocenters. The van der Waals surface area contributed by atoms with E-state index >= 15 is 0 Å². The van der Waals surface area contributed by atoms with E-state index < -0.39 is 0 Å². The fourth-order valence-corrected chi connectivity index (χ4v) is 2.73. The van der Waals surface area contributed by atoms with Crippen molar-refractivity contribution in [2.24, 2.45) is 0 Å². The number of rotatable bonds is 5. The molecule has 0 radical (unpaired) electrons. The number of pyridine rings is 1. The van der Waals surface area contributed by atoms with Gasteiger partial charge in [0.05, 0.1) is 17.4 Å². The van der Waals surface area contributed by atoms with Gasteiger partial charge in [-0.2, -0.15) is 0 Å². The summed E-state index contributed by atoms with van der Waals surface area (Å²) in [5.41, 5.74) is 5.80. The van der Waals surface area contributed by atoms with Crippen LogP contribution in [0, 0.1) is 13.8 Å². The van der Waals surface area contributed by atoms with Gasteiger partial charge in [0, 0.05) is 25.5 Å². The molecule has 0 bridgehead atoms. The molecule has 3 aromatic rings. The number of anilines is 2. The first-order chi connectivity index (χ1) is 12.5. The fourth-order valence-electron chi connectivity index (χ4n) is 2.73. The molecule has 26 heavy (non-hydrogen) atoms. The lowest BCUT2D eigenvalue weighted by atomic mass is 10.1. The molecule has 132 valence electrons. The quantitative estimate of drug-likeness (QED) is 0.736. The maximum absolute atomic E-state index is 12.6. The fraction of sp³-hybridized carbons (Fsp3) is 0.182. The summed E-state index contributed by atoms with van der Waals surface area (Å²) < 4.78 is 0. The van der Waals surface area contributed by atoms with Gasteiger partial charge in [-0.15, -0.1) is 0 Å². The maximum Gasteiger partial charge on any atom is 0.257 e. The zero-order valence-electron chi connectivity index (χ0n) is 15.4. The van der Waals surface area contributed by atoms with Gasteiger partial charge in [0.2, 0.25) is 0 Å². The Hall–Kier alpha value is -3.14. The lowest BCUT2D eigenvalue weighted by Crippen LogP contribution is -2.18. The van der Waals surface area contributed by atoms with E-state index in [2.05, 4.69) is 34.3 Å². The molecule has 0 aliphatic rings. The second kappa shape index (κ2) is 7.83. The van der Waals surface area contributed by atoms with E-state index in [1.54, 1.807) is 12.4 Å². The van der Waals surface area contributed by atoms with Crippen LogP contribution in [-0.4, -0.2) is 17.9 Å². The Morgan fingerprint density at radius 1 is 1.00 bits per heavy atom. The summed E-state index contributed by atoms with van der Waals surface area (Å²) in [7, 11) is 2.00. The van der Waals surface area contributed by atoms with Crippen molar-refractivity contribution in [1.29, 1.82) is 0 Å². The summed E-state index contributed by atoms with van der Waals surface area (Å²) in [5.74, 6) is -0.157. The van der Waals surface area contributed by atoms with Crippen LogP contribution in [0.25, 0.3) is 0 Å². The average molecular weight is 345 g/mol. The molecule has 1 N–H and O–H groups in total. The third-order valence-electron chi connectivity index (χ3n) is 4.45. The van der Waals surface area contributed by atoms with Crippen molar-refractivity contribution in [3.63, 3.8) is 0 Å². The Kier molecular flexibility index (Phi) is 5.32. The third-order valence-corrected chi connectivity index (χ3v) is 4.45. The topological polar surface area (TPSA) is 45.2 Å². The number of benzene rings is 2. The Morgan fingerprint density at radius 2 is 1.77 bits per heavy atom. The Morgan fingerprint density at radius 3 is 2.50 bits per heavy atom. The van der Waals surface area contributed by atoms with Crippen LogP contribution in [0.5, 0.6) is 0 Å². The lowest BCUT2D eigenvalue weighted by Gasteiger charge is -2.19. The van der Waals surface area contributed by atoms with Crippen LogP contribution in [0.2, 0.25) is 0 Å². The zero-order chi connectivity index (χ0) is 18.5. The number of carbonyl (C=O) groups is 1. The van der Waals surface area contributed by atoms with Crippen LogP contribution in [0.3, 0.4) is 0 Å². The van der Waals surface area contributed by atoms with Crippen molar-refractivity contribution in [1.82, 2.24) is 4.98 Å². The van der Waals surface area contributed by atoms with Crippen LogP contribution >= 0.6 is 0 Å². The highest BCUT2D eigenvalue weighted by atomic mass is 16.1. The van der Waals surface area contributed by atoms with Gasteiger partial charge in [0.15, 0.2) is 0 Å². The second-order valence-electron chi connectivity index (χ2n) is 6.53. The SMILES string of the molecule is Cc1ccc(NC(=O)c2cncc(N(C)Cc3ccccc3)c2)cc1C. The number of carbonyl (C=O) groups excluding carboxylic acids is 1. The van der Waals surface area contributed by atoms with Crippen LogP contribution in [-0.2, 0) is 6.54 Å². The summed E-state index contributed by atoms with van der Waals surface area (Å²) in [6, 6.07) is 18.0. The molecule has 0 unspecified atom stereocenters. The molecule has 1 heterocycles. The minimum Gasteiger partial charge on any atom is -0.369 e. The predicted molar refractivity (Wildman–Crippen MR) is 107 cm³/mol. The van der Waals surface area contributed by atoms with Crippen molar-refractivity contribution in [2.45, 2.75) is 20.4 Å². The van der Waals surface area contributed by atoms with Crippen LogP contribution < -0.4 is 10.2 Å². The van der Waals surface area contributed by atoms with E-state index in [0.29, 0.717) is 5.56 Å². The van der Waals surface area contributed by atoms with Crippen molar-refractivity contribution in [2.75, 3.05) is 17.3 Å². The predicted octanol–water partition coefficient (Wildman–Crippen LogP) is 4.59. The van der Waals surface area contributed by atoms with Crippen molar-refractivity contribution >= 4 is 17.3 Å². The summed E-state index contributed by atoms with van der Waals surface area (Å²) >= 11 is 0. The van der Waals surface area contributed by atoms with Gasteiger partial charge in [-0.3, -0.25) is 9.78 Å². The molecule has 2 aromatic carbocycles. The molecule has 0 fully saturated rings. The van der Waals surface area contributed by atoms with E-state index in [0.717, 1.165) is 23.5 Å². The second-order valence-corrected chi connectivity index (χ2v) is 6.53. The monoisotopic (exact) mass is 345 g/mol. The Labute approximate surface area is 154 Å². The average Bonchev–Trinajstić information content (AvgIpc) is 2.65. The number of hydrogen-bond donors (Lipinski definition) is 1. The number of hydrogen-bond acceptors (Lipinski definition) is 3. The van der Waals surface area contributed by atoms with Gasteiger partial charge in [-0.1, -0.05) is 36.4 Å². The standard InChI is InChI=1S/C22H23N3O/c1-16-9-10-20(11-17(16)2)24-22(26)19-12-21(14-23-13-19)25(3)15-18-7-5-4-6-8-18/h4-14H,15H2,1-3H3,(H,24,26). The highest BCUT2D eigenvalue weighted by Gasteiger charge is 2.10. The first-order valence-corrected chi connectivity index (χ1v) is 8.61. The van der Waals surface area contributed by atoms with Crippen LogP contribution in [0.4, 0.5) is 11.4 Å². The molecule has 0 aliphatic carbocycles.